The molecule has 154 valence electrons. The van der Waals surface area contributed by atoms with Crippen LogP contribution in [0.4, 0.5) is 4.79 Å². The molecule has 3 rings (SSSR count). The van der Waals surface area contributed by atoms with Gasteiger partial charge < -0.3 is 20.4 Å². The number of ether oxygens (including phenoxy) is 1. The van der Waals surface area contributed by atoms with E-state index in [1.807, 2.05) is 6.07 Å². The molecule has 0 bridgehead atoms. The number of benzene rings is 1. The van der Waals surface area contributed by atoms with Crippen LogP contribution in [0.25, 0.3) is 10.9 Å². The van der Waals surface area contributed by atoms with Gasteiger partial charge in [-0.3, -0.25) is 4.90 Å². The molecule has 2 aromatic rings. The van der Waals surface area contributed by atoms with E-state index in [9.17, 15) is 4.79 Å². The zero-order chi connectivity index (χ0) is 19.9. The van der Waals surface area contributed by atoms with Gasteiger partial charge >= 0.3 is 6.03 Å². The van der Waals surface area contributed by atoms with E-state index < -0.39 is 0 Å². The van der Waals surface area contributed by atoms with E-state index in [-0.39, 0.29) is 6.03 Å². The molecule has 3 N–H and O–H groups in total. The first-order valence-corrected chi connectivity index (χ1v) is 10.4. The van der Waals surface area contributed by atoms with Crippen LogP contribution in [0.3, 0.4) is 0 Å². The molecular formula is C22H34N4O2. The second-order valence-corrected chi connectivity index (χ2v) is 8.09. The lowest BCUT2D eigenvalue weighted by atomic mass is 10.0. The summed E-state index contributed by atoms with van der Waals surface area (Å²) in [6, 6.07) is 8.60. The summed E-state index contributed by atoms with van der Waals surface area (Å²) in [6.07, 6.45) is 1.90. The van der Waals surface area contributed by atoms with Crippen molar-refractivity contribution in [2.45, 2.75) is 39.7 Å². The maximum atomic E-state index is 12.3. The normalized spacial score (nSPS) is 16.4. The molecule has 2 amide bonds. The highest BCUT2D eigenvalue weighted by molar-refractivity contribution is 5.84. The van der Waals surface area contributed by atoms with Gasteiger partial charge in [0.15, 0.2) is 0 Å². The zero-order valence-corrected chi connectivity index (χ0v) is 17.4. The summed E-state index contributed by atoms with van der Waals surface area (Å²) in [5, 5.41) is 7.34. The van der Waals surface area contributed by atoms with Crippen LogP contribution in [0, 0.1) is 12.8 Å². The topological polar surface area (TPSA) is 69.4 Å². The molecule has 6 heteroatoms. The number of nitrogens with zero attached hydrogens (tertiary/aromatic N) is 1. The molecule has 0 saturated carbocycles. The third kappa shape index (κ3) is 5.49. The van der Waals surface area contributed by atoms with Crippen molar-refractivity contribution in [1.82, 2.24) is 20.5 Å². The summed E-state index contributed by atoms with van der Waals surface area (Å²) in [6.45, 7) is 11.3. The molecule has 1 aromatic carbocycles. The summed E-state index contributed by atoms with van der Waals surface area (Å²) in [5.41, 5.74) is 3.61. The van der Waals surface area contributed by atoms with E-state index in [4.69, 9.17) is 4.74 Å². The maximum Gasteiger partial charge on any atom is 0.314 e. The van der Waals surface area contributed by atoms with Gasteiger partial charge in [0.25, 0.3) is 0 Å². The Balaban J connectivity index is 1.47. The number of fused-ring (bicyclic) bond motifs is 1. The SMILES string of the molecule is Cc1[nH]c2ccccc2c1CCNC(=O)NCC(CC(C)C)N1CCOCC1. The fraction of sp³-hybridized carbons (Fsp3) is 0.591. The summed E-state index contributed by atoms with van der Waals surface area (Å²) in [5.74, 6) is 0.600. The Morgan fingerprint density at radius 1 is 1.21 bits per heavy atom. The van der Waals surface area contributed by atoms with Crippen LogP contribution < -0.4 is 10.6 Å². The molecule has 28 heavy (non-hydrogen) atoms. The van der Waals surface area contributed by atoms with Crippen molar-refractivity contribution in [2.75, 3.05) is 39.4 Å². The predicted octanol–water partition coefficient (Wildman–Crippen LogP) is 3.06. The third-order valence-corrected chi connectivity index (χ3v) is 5.49. The van der Waals surface area contributed by atoms with Crippen LogP contribution in [0.1, 0.15) is 31.5 Å². The summed E-state index contributed by atoms with van der Waals surface area (Å²) in [4.78, 5) is 18.2. The molecule has 1 aliphatic heterocycles. The number of hydrogen-bond donors (Lipinski definition) is 3. The number of aryl methyl sites for hydroxylation is 1. The van der Waals surface area contributed by atoms with Gasteiger partial charge in [0.1, 0.15) is 0 Å². The van der Waals surface area contributed by atoms with E-state index in [0.29, 0.717) is 25.0 Å². The molecule has 0 radical (unpaired) electrons. The summed E-state index contributed by atoms with van der Waals surface area (Å²) >= 11 is 0. The van der Waals surface area contributed by atoms with E-state index in [1.54, 1.807) is 0 Å². The van der Waals surface area contributed by atoms with Crippen LogP contribution in [0.15, 0.2) is 24.3 Å². The van der Waals surface area contributed by atoms with Gasteiger partial charge in [-0.15, -0.1) is 0 Å². The largest absolute Gasteiger partial charge is 0.379 e. The number of aromatic nitrogens is 1. The van der Waals surface area contributed by atoms with Crippen LogP contribution in [-0.2, 0) is 11.2 Å². The molecule has 0 spiro atoms. The van der Waals surface area contributed by atoms with Crippen molar-refractivity contribution < 1.29 is 9.53 Å². The van der Waals surface area contributed by atoms with Gasteiger partial charge in [-0.25, -0.2) is 4.79 Å². The fourth-order valence-corrected chi connectivity index (χ4v) is 4.08. The number of nitrogens with one attached hydrogen (secondary N) is 3. The minimum atomic E-state index is -0.0838. The number of H-pyrrole nitrogens is 1. The quantitative estimate of drug-likeness (QED) is 0.653. The maximum absolute atomic E-state index is 12.3. The van der Waals surface area contributed by atoms with Crippen LogP contribution in [0.2, 0.25) is 0 Å². The summed E-state index contributed by atoms with van der Waals surface area (Å²) < 4.78 is 5.47. The van der Waals surface area contributed by atoms with E-state index in [1.165, 1.54) is 16.6 Å². The smallest absolute Gasteiger partial charge is 0.314 e. The number of carbonyl (C=O) groups is 1. The lowest BCUT2D eigenvalue weighted by Gasteiger charge is -2.35. The van der Waals surface area contributed by atoms with Gasteiger partial charge in [-0.2, -0.15) is 0 Å². The molecule has 1 unspecified atom stereocenters. The Bertz CT molecular complexity index is 765. The minimum Gasteiger partial charge on any atom is -0.379 e. The number of hydrogen-bond acceptors (Lipinski definition) is 3. The van der Waals surface area contributed by atoms with Crippen molar-refractivity contribution in [1.29, 1.82) is 0 Å². The molecule has 1 aromatic heterocycles. The van der Waals surface area contributed by atoms with Gasteiger partial charge in [-0.1, -0.05) is 32.0 Å². The second kappa shape index (κ2) is 9.94. The van der Waals surface area contributed by atoms with Crippen LogP contribution in [-0.4, -0.2) is 61.3 Å². The first-order valence-electron chi connectivity index (χ1n) is 10.4. The lowest BCUT2D eigenvalue weighted by molar-refractivity contribution is 0.0129. The Morgan fingerprint density at radius 3 is 2.71 bits per heavy atom. The number of amides is 2. The Morgan fingerprint density at radius 2 is 1.96 bits per heavy atom. The molecule has 1 fully saturated rings. The van der Waals surface area contributed by atoms with Gasteiger partial charge in [-0.05, 0) is 37.3 Å². The molecule has 2 heterocycles. The fourth-order valence-electron chi connectivity index (χ4n) is 4.08. The number of aromatic amines is 1. The molecule has 1 aliphatic rings. The van der Waals surface area contributed by atoms with Gasteiger partial charge in [0.05, 0.1) is 13.2 Å². The Kier molecular flexibility index (Phi) is 7.34. The Labute approximate surface area is 168 Å². The van der Waals surface area contributed by atoms with Crippen molar-refractivity contribution in [2.24, 2.45) is 5.92 Å². The van der Waals surface area contributed by atoms with Crippen LogP contribution >= 0.6 is 0 Å². The van der Waals surface area contributed by atoms with Crippen LogP contribution in [0.5, 0.6) is 0 Å². The number of para-hydroxylation sites is 1. The van der Waals surface area contributed by atoms with E-state index in [2.05, 4.69) is 59.5 Å². The zero-order valence-electron chi connectivity index (χ0n) is 17.4. The highest BCUT2D eigenvalue weighted by Gasteiger charge is 2.22. The van der Waals surface area contributed by atoms with Crippen molar-refractivity contribution >= 4 is 16.9 Å². The highest BCUT2D eigenvalue weighted by Crippen LogP contribution is 2.21. The summed E-state index contributed by atoms with van der Waals surface area (Å²) in [7, 11) is 0. The number of morpholine rings is 1. The first kappa shape index (κ1) is 20.7. The van der Waals surface area contributed by atoms with E-state index >= 15 is 0 Å². The molecule has 1 atom stereocenters. The first-order chi connectivity index (χ1) is 13.5. The second-order valence-electron chi connectivity index (χ2n) is 8.09. The molecule has 1 saturated heterocycles. The average Bonchev–Trinajstić information content (AvgIpc) is 3.01. The standard InChI is InChI=1S/C22H34N4O2/c1-16(2)14-18(26-10-12-28-13-11-26)15-24-22(27)23-9-8-19-17(3)25-21-7-5-4-6-20(19)21/h4-7,16,18,25H,8-15H2,1-3H3,(H2,23,24,27). The van der Waals surface area contributed by atoms with Crippen molar-refractivity contribution in [3.63, 3.8) is 0 Å². The predicted molar refractivity (Wildman–Crippen MR) is 114 cm³/mol. The van der Waals surface area contributed by atoms with E-state index in [0.717, 1.165) is 44.7 Å². The van der Waals surface area contributed by atoms with Gasteiger partial charge in [0.2, 0.25) is 0 Å². The minimum absolute atomic E-state index is 0.0838. The van der Waals surface area contributed by atoms with Gasteiger partial charge in [0, 0.05) is 48.8 Å². The molecule has 0 aliphatic carbocycles. The monoisotopic (exact) mass is 386 g/mol. The van der Waals surface area contributed by atoms with Crippen molar-refractivity contribution in [3.8, 4) is 0 Å². The molecular weight excluding hydrogens is 352 g/mol. The average molecular weight is 387 g/mol. The molecule has 6 nitrogen and oxygen atoms in total. The lowest BCUT2D eigenvalue weighted by Crippen LogP contribution is -2.50. The third-order valence-electron chi connectivity index (χ3n) is 5.49. The van der Waals surface area contributed by atoms with Crippen molar-refractivity contribution in [3.05, 3.63) is 35.5 Å². The number of carbonyl (C=O) groups excluding carboxylic acids is 1. The number of rotatable bonds is 8. The highest BCUT2D eigenvalue weighted by atomic mass is 16.5. The Hall–Kier alpha value is -2.05. The number of urea groups is 1.